The van der Waals surface area contributed by atoms with Crippen molar-refractivity contribution >= 4 is 40.6 Å². The van der Waals surface area contributed by atoms with Gasteiger partial charge in [0.1, 0.15) is 6.10 Å². The highest BCUT2D eigenvalue weighted by atomic mass is 32.2. The summed E-state index contributed by atoms with van der Waals surface area (Å²) in [5.74, 6) is -0.937. The number of carboxylic acid groups (broad SMARTS) is 1. The second kappa shape index (κ2) is 9.04. The average Bonchev–Trinajstić information content (AvgIpc) is 3.00. The van der Waals surface area contributed by atoms with Gasteiger partial charge in [0, 0.05) is 0 Å². The number of carboxylic acids is 1. The van der Waals surface area contributed by atoms with Crippen LogP contribution in [-0.4, -0.2) is 30.3 Å². The van der Waals surface area contributed by atoms with E-state index in [2.05, 4.69) is 16.4 Å². The molecule has 8 heteroatoms. The van der Waals surface area contributed by atoms with Crippen molar-refractivity contribution in [1.82, 2.24) is 5.32 Å². The highest BCUT2D eigenvalue weighted by molar-refractivity contribution is 8.18. The van der Waals surface area contributed by atoms with Crippen LogP contribution in [0.1, 0.15) is 23.6 Å². The van der Waals surface area contributed by atoms with Gasteiger partial charge in [0.15, 0.2) is 16.7 Å². The maximum absolute atomic E-state index is 12.3. The molecule has 7 nitrogen and oxygen atoms in total. The number of rotatable bonds is 6. The summed E-state index contributed by atoms with van der Waals surface area (Å²) < 4.78 is 10.6. The molecule has 1 fully saturated rings. The Labute approximate surface area is 178 Å². The maximum Gasteiger partial charge on any atom is 0.264 e. The van der Waals surface area contributed by atoms with Crippen molar-refractivity contribution in [2.45, 2.75) is 26.9 Å². The van der Waals surface area contributed by atoms with Gasteiger partial charge in [-0.1, -0.05) is 12.1 Å². The SMILES string of the molecule is COc1cc(/C=C2\SC(=Nc3cc(C)cc(C)c3)NC2=O)ccc1O[C@@H](C)C(=O)[O-]. The van der Waals surface area contributed by atoms with Gasteiger partial charge in [0.25, 0.3) is 5.91 Å². The number of aliphatic imine (C=N–C) groups is 1. The highest BCUT2D eigenvalue weighted by Crippen LogP contribution is 2.33. The minimum absolute atomic E-state index is 0.243. The number of hydrogen-bond acceptors (Lipinski definition) is 7. The summed E-state index contributed by atoms with van der Waals surface area (Å²) in [4.78, 5) is 28.2. The minimum Gasteiger partial charge on any atom is -0.546 e. The van der Waals surface area contributed by atoms with Gasteiger partial charge >= 0.3 is 0 Å². The van der Waals surface area contributed by atoms with Crippen LogP contribution in [0.5, 0.6) is 11.5 Å². The summed E-state index contributed by atoms with van der Waals surface area (Å²) in [5, 5.41) is 14.2. The van der Waals surface area contributed by atoms with Crippen molar-refractivity contribution in [3.8, 4) is 11.5 Å². The summed E-state index contributed by atoms with van der Waals surface area (Å²) >= 11 is 1.24. The lowest BCUT2D eigenvalue weighted by Gasteiger charge is -2.17. The third kappa shape index (κ3) is 5.21. The zero-order valence-corrected chi connectivity index (χ0v) is 17.8. The molecule has 0 aromatic heterocycles. The number of amidine groups is 1. The Bertz CT molecular complexity index is 1040. The summed E-state index contributed by atoms with van der Waals surface area (Å²) in [6.07, 6.45) is 0.585. The Morgan fingerprint density at radius 3 is 2.50 bits per heavy atom. The van der Waals surface area contributed by atoms with Crippen LogP contribution in [0.2, 0.25) is 0 Å². The van der Waals surface area contributed by atoms with Gasteiger partial charge in [-0.05, 0) is 79.6 Å². The topological polar surface area (TPSA) is 100 Å². The van der Waals surface area contributed by atoms with Crippen LogP contribution in [0, 0.1) is 13.8 Å². The lowest BCUT2D eigenvalue weighted by molar-refractivity contribution is -0.312. The molecule has 1 aliphatic rings. The van der Waals surface area contributed by atoms with E-state index in [9.17, 15) is 14.7 Å². The standard InChI is InChI=1S/C22H22N2O5S/c1-12-7-13(2)9-16(8-12)23-22-24-20(25)19(30-22)11-15-5-6-17(18(10-15)28-4)29-14(3)21(26)27/h5-11,14H,1-4H3,(H,26,27)(H,23,24,25)/p-1/b19-11-/t14-/m0/s1. The van der Waals surface area contributed by atoms with Crippen molar-refractivity contribution in [1.29, 1.82) is 0 Å². The number of ether oxygens (including phenoxy) is 2. The van der Waals surface area contributed by atoms with E-state index in [0.717, 1.165) is 16.8 Å². The Kier molecular flexibility index (Phi) is 6.47. The number of aliphatic carboxylic acids is 1. The number of methoxy groups -OCH3 is 1. The predicted octanol–water partition coefficient (Wildman–Crippen LogP) is 2.72. The third-order valence-corrected chi connectivity index (χ3v) is 5.12. The number of thioether (sulfide) groups is 1. The summed E-state index contributed by atoms with van der Waals surface area (Å²) in [6, 6.07) is 10.9. The van der Waals surface area contributed by atoms with Crippen LogP contribution < -0.4 is 19.9 Å². The number of hydrogen-bond donors (Lipinski definition) is 1. The van der Waals surface area contributed by atoms with E-state index in [0.29, 0.717) is 21.4 Å². The van der Waals surface area contributed by atoms with E-state index in [1.165, 1.54) is 25.8 Å². The zero-order chi connectivity index (χ0) is 21.8. The van der Waals surface area contributed by atoms with E-state index in [4.69, 9.17) is 9.47 Å². The van der Waals surface area contributed by atoms with Gasteiger partial charge in [-0.15, -0.1) is 0 Å². The molecule has 1 saturated heterocycles. The first-order chi connectivity index (χ1) is 14.2. The van der Waals surface area contributed by atoms with Crippen LogP contribution in [0.25, 0.3) is 6.08 Å². The van der Waals surface area contributed by atoms with Gasteiger partial charge in [0.05, 0.1) is 23.7 Å². The number of aryl methyl sites for hydroxylation is 2. The third-order valence-electron chi connectivity index (χ3n) is 4.21. The van der Waals surface area contributed by atoms with Gasteiger partial charge < -0.3 is 24.7 Å². The summed E-state index contributed by atoms with van der Waals surface area (Å²) in [6.45, 7) is 5.37. The number of benzene rings is 2. The van der Waals surface area contributed by atoms with E-state index in [1.807, 2.05) is 26.0 Å². The molecule has 30 heavy (non-hydrogen) atoms. The lowest BCUT2D eigenvalue weighted by Crippen LogP contribution is -2.37. The monoisotopic (exact) mass is 425 g/mol. The molecule has 1 atom stereocenters. The molecule has 0 radical (unpaired) electrons. The molecule has 0 unspecified atom stereocenters. The molecule has 2 aromatic rings. The van der Waals surface area contributed by atoms with Crippen molar-refractivity contribution in [2.24, 2.45) is 4.99 Å². The quantitative estimate of drug-likeness (QED) is 0.715. The van der Waals surface area contributed by atoms with Gasteiger partial charge in [0.2, 0.25) is 0 Å². The van der Waals surface area contributed by atoms with Crippen molar-refractivity contribution in [3.05, 3.63) is 58.0 Å². The van der Waals surface area contributed by atoms with Crippen LogP contribution in [-0.2, 0) is 9.59 Å². The first-order valence-electron chi connectivity index (χ1n) is 9.18. The first kappa shape index (κ1) is 21.4. The zero-order valence-electron chi connectivity index (χ0n) is 17.0. The molecule has 156 valence electrons. The maximum atomic E-state index is 12.3. The van der Waals surface area contributed by atoms with Crippen molar-refractivity contribution < 1.29 is 24.2 Å². The van der Waals surface area contributed by atoms with Crippen LogP contribution >= 0.6 is 11.8 Å². The van der Waals surface area contributed by atoms with Gasteiger partial charge in [-0.2, -0.15) is 0 Å². The highest BCUT2D eigenvalue weighted by Gasteiger charge is 2.24. The molecule has 0 saturated carbocycles. The molecule has 3 rings (SSSR count). The van der Waals surface area contributed by atoms with Crippen molar-refractivity contribution in [3.63, 3.8) is 0 Å². The summed E-state index contributed by atoms with van der Waals surface area (Å²) in [5.41, 5.74) is 3.68. The average molecular weight is 425 g/mol. The fourth-order valence-corrected chi connectivity index (χ4v) is 3.72. The fraction of sp³-hybridized carbons (Fsp3) is 0.227. The number of carbonyl (C=O) groups excluding carboxylic acids is 2. The lowest BCUT2D eigenvalue weighted by atomic mass is 10.1. The van der Waals surface area contributed by atoms with E-state index in [1.54, 1.807) is 24.3 Å². The molecular formula is C22H21N2O5S-. The molecule has 1 amide bonds. The normalized spacial score (nSPS) is 17.1. The number of carbonyl (C=O) groups is 2. The minimum atomic E-state index is -1.32. The molecular weight excluding hydrogens is 404 g/mol. The van der Waals surface area contributed by atoms with E-state index < -0.39 is 12.1 Å². The number of nitrogens with zero attached hydrogens (tertiary/aromatic N) is 1. The van der Waals surface area contributed by atoms with Crippen molar-refractivity contribution in [2.75, 3.05) is 7.11 Å². The molecule has 1 N–H and O–H groups in total. The Morgan fingerprint density at radius 2 is 1.87 bits per heavy atom. The van der Waals surface area contributed by atoms with Crippen LogP contribution in [0.4, 0.5) is 5.69 Å². The Morgan fingerprint density at radius 1 is 1.17 bits per heavy atom. The molecule has 0 aliphatic carbocycles. The number of nitrogens with one attached hydrogen (secondary N) is 1. The molecule has 1 aliphatic heterocycles. The van der Waals surface area contributed by atoms with Crippen LogP contribution in [0.3, 0.4) is 0 Å². The van der Waals surface area contributed by atoms with E-state index >= 15 is 0 Å². The number of amides is 1. The van der Waals surface area contributed by atoms with E-state index in [-0.39, 0.29) is 11.7 Å². The molecule has 2 aromatic carbocycles. The predicted molar refractivity (Wildman–Crippen MR) is 115 cm³/mol. The smallest absolute Gasteiger partial charge is 0.264 e. The van der Waals surface area contributed by atoms with Gasteiger partial charge in [-0.3, -0.25) is 4.79 Å². The fourth-order valence-electron chi connectivity index (χ4n) is 2.87. The Balaban J connectivity index is 1.82. The Hall–Kier alpha value is -3.26. The molecule has 0 bridgehead atoms. The molecule has 0 spiro atoms. The summed E-state index contributed by atoms with van der Waals surface area (Å²) in [7, 11) is 1.45. The largest absolute Gasteiger partial charge is 0.546 e. The molecule has 1 heterocycles. The van der Waals surface area contributed by atoms with Crippen LogP contribution in [0.15, 0.2) is 46.3 Å². The van der Waals surface area contributed by atoms with Gasteiger partial charge in [-0.25, -0.2) is 4.99 Å². The first-order valence-corrected chi connectivity index (χ1v) is 10.00. The second-order valence-corrected chi connectivity index (χ2v) is 7.85. The second-order valence-electron chi connectivity index (χ2n) is 6.82.